The summed E-state index contributed by atoms with van der Waals surface area (Å²) in [4.78, 5) is 23.4. The lowest BCUT2D eigenvalue weighted by molar-refractivity contribution is -0.113. The molecule has 0 aliphatic carbocycles. The quantitative estimate of drug-likeness (QED) is 0.373. The molecule has 0 bridgehead atoms. The summed E-state index contributed by atoms with van der Waals surface area (Å²) in [6.07, 6.45) is 2.37. The number of allylic oxidation sites excluding steroid dienone is 1. The Morgan fingerprint density at radius 2 is 1.87 bits per heavy atom. The van der Waals surface area contributed by atoms with Crippen LogP contribution in [0.25, 0.3) is 0 Å². The van der Waals surface area contributed by atoms with E-state index in [1.54, 1.807) is 37.5 Å². The predicted molar refractivity (Wildman–Crippen MR) is 120 cm³/mol. The van der Waals surface area contributed by atoms with Crippen LogP contribution >= 0.6 is 11.8 Å². The lowest BCUT2D eigenvalue weighted by Gasteiger charge is -2.09. The Labute approximate surface area is 184 Å². The zero-order valence-electron chi connectivity index (χ0n) is 17.1. The van der Waals surface area contributed by atoms with Gasteiger partial charge in [0.1, 0.15) is 11.6 Å². The molecule has 3 N–H and O–H groups in total. The molecule has 0 saturated heterocycles. The molecule has 3 rings (SSSR count). The molecule has 8 nitrogen and oxygen atoms in total. The molecule has 160 valence electrons. The summed E-state index contributed by atoms with van der Waals surface area (Å²) in [5.41, 5.74) is 7.27. The zero-order chi connectivity index (χ0) is 22.2. The van der Waals surface area contributed by atoms with Crippen molar-refractivity contribution in [2.24, 2.45) is 5.73 Å². The summed E-state index contributed by atoms with van der Waals surface area (Å²) in [6.45, 7) is 4.34. The number of thioether (sulfide) groups is 1. The first-order valence-electron chi connectivity index (χ1n) is 9.48. The van der Waals surface area contributed by atoms with Gasteiger partial charge in [-0.05, 0) is 42.0 Å². The molecule has 0 aliphatic heterocycles. The topological polar surface area (TPSA) is 112 Å². The first kappa shape index (κ1) is 22.1. The number of ether oxygens (including phenoxy) is 1. The fraction of sp³-hybridized carbons (Fsp3) is 0.182. The van der Waals surface area contributed by atoms with Gasteiger partial charge in [0.25, 0.3) is 0 Å². The summed E-state index contributed by atoms with van der Waals surface area (Å²) < 4.78 is 7.13. The van der Waals surface area contributed by atoms with E-state index in [2.05, 4.69) is 22.1 Å². The van der Waals surface area contributed by atoms with Crippen molar-refractivity contribution in [1.82, 2.24) is 14.8 Å². The van der Waals surface area contributed by atoms with Crippen molar-refractivity contribution in [3.63, 3.8) is 0 Å². The van der Waals surface area contributed by atoms with E-state index in [1.165, 1.54) is 11.8 Å². The van der Waals surface area contributed by atoms with Crippen LogP contribution in [0.4, 0.5) is 5.69 Å². The molecule has 1 aromatic heterocycles. The lowest BCUT2D eigenvalue weighted by Crippen LogP contribution is -2.15. The van der Waals surface area contributed by atoms with Crippen molar-refractivity contribution >= 4 is 29.3 Å². The monoisotopic (exact) mass is 437 g/mol. The summed E-state index contributed by atoms with van der Waals surface area (Å²) in [5, 5.41) is 12.0. The summed E-state index contributed by atoms with van der Waals surface area (Å²) in [5.74, 6) is 1.04. The number of carbonyl (C=O) groups is 2. The van der Waals surface area contributed by atoms with Gasteiger partial charge in [0.05, 0.1) is 12.9 Å². The number of hydrogen-bond acceptors (Lipinski definition) is 6. The molecular weight excluding hydrogens is 414 g/mol. The van der Waals surface area contributed by atoms with Gasteiger partial charge in [-0.25, -0.2) is 0 Å². The highest BCUT2D eigenvalue weighted by molar-refractivity contribution is 7.99. The highest BCUT2D eigenvalue weighted by atomic mass is 32.2. The number of nitrogens with zero attached hydrogens (tertiary/aromatic N) is 3. The van der Waals surface area contributed by atoms with Crippen molar-refractivity contribution in [2.45, 2.75) is 18.1 Å². The molecule has 1 heterocycles. The van der Waals surface area contributed by atoms with Gasteiger partial charge in [0.2, 0.25) is 11.8 Å². The lowest BCUT2D eigenvalue weighted by atomic mass is 10.1. The molecule has 0 unspecified atom stereocenters. The maximum Gasteiger partial charge on any atom is 0.248 e. The Morgan fingerprint density at radius 3 is 2.48 bits per heavy atom. The van der Waals surface area contributed by atoms with E-state index in [9.17, 15) is 9.59 Å². The van der Waals surface area contributed by atoms with E-state index in [0.29, 0.717) is 29.4 Å². The molecule has 0 radical (unpaired) electrons. The van der Waals surface area contributed by atoms with Crippen LogP contribution in [0.1, 0.15) is 21.7 Å². The second-order valence-electron chi connectivity index (χ2n) is 6.60. The smallest absolute Gasteiger partial charge is 0.248 e. The Balaban J connectivity index is 1.63. The van der Waals surface area contributed by atoms with Gasteiger partial charge >= 0.3 is 0 Å². The number of rotatable bonds is 10. The van der Waals surface area contributed by atoms with E-state index in [4.69, 9.17) is 10.5 Å². The van der Waals surface area contributed by atoms with Gasteiger partial charge in [-0.3, -0.25) is 9.59 Å². The number of hydrogen-bond donors (Lipinski definition) is 2. The number of primary amides is 1. The third-order valence-electron chi connectivity index (χ3n) is 4.41. The molecule has 0 aliphatic rings. The molecular formula is C22H23N5O3S. The van der Waals surface area contributed by atoms with Gasteiger partial charge in [0, 0.05) is 24.2 Å². The highest BCUT2D eigenvalue weighted by Crippen LogP contribution is 2.21. The maximum absolute atomic E-state index is 12.3. The number of anilines is 1. The molecule has 0 atom stereocenters. The molecule has 0 spiro atoms. The zero-order valence-corrected chi connectivity index (χ0v) is 17.9. The Bertz CT molecular complexity index is 1060. The molecule has 0 fully saturated rings. The first-order valence-corrected chi connectivity index (χ1v) is 10.5. The normalized spacial score (nSPS) is 10.5. The standard InChI is InChI=1S/C22H23N5O3S/c1-3-12-27-19(13-15-4-10-18(30-2)11-5-15)25-26-22(27)31-14-20(28)24-17-8-6-16(7-9-17)21(23)29/h3-11H,1,12-14H2,2H3,(H2,23,29)(H,24,28). The van der Waals surface area contributed by atoms with E-state index in [-0.39, 0.29) is 11.7 Å². The van der Waals surface area contributed by atoms with Gasteiger partial charge in [-0.2, -0.15) is 0 Å². The van der Waals surface area contributed by atoms with Crippen molar-refractivity contribution in [3.05, 3.63) is 78.1 Å². The fourth-order valence-electron chi connectivity index (χ4n) is 2.84. The summed E-state index contributed by atoms with van der Waals surface area (Å²) in [7, 11) is 1.63. The van der Waals surface area contributed by atoms with E-state index in [1.807, 2.05) is 28.8 Å². The second kappa shape index (κ2) is 10.4. The Morgan fingerprint density at radius 1 is 1.16 bits per heavy atom. The van der Waals surface area contributed by atoms with Crippen LogP contribution in [0.3, 0.4) is 0 Å². The summed E-state index contributed by atoms with van der Waals surface area (Å²) in [6, 6.07) is 14.2. The van der Waals surface area contributed by atoms with Crippen LogP contribution in [-0.4, -0.2) is 39.4 Å². The van der Waals surface area contributed by atoms with Crippen LogP contribution in [-0.2, 0) is 17.8 Å². The van der Waals surface area contributed by atoms with Crippen LogP contribution in [0.2, 0.25) is 0 Å². The minimum atomic E-state index is -0.513. The van der Waals surface area contributed by atoms with Crippen LogP contribution < -0.4 is 15.8 Å². The van der Waals surface area contributed by atoms with Gasteiger partial charge in [0.15, 0.2) is 5.16 Å². The van der Waals surface area contributed by atoms with Crippen molar-refractivity contribution in [2.75, 3.05) is 18.2 Å². The second-order valence-corrected chi connectivity index (χ2v) is 7.54. The number of aromatic nitrogens is 3. The number of methoxy groups -OCH3 is 1. The van der Waals surface area contributed by atoms with Crippen molar-refractivity contribution in [3.8, 4) is 5.75 Å². The molecule has 0 saturated carbocycles. The summed E-state index contributed by atoms with van der Waals surface area (Å²) >= 11 is 1.30. The molecule has 3 aromatic rings. The SMILES string of the molecule is C=CCn1c(Cc2ccc(OC)cc2)nnc1SCC(=O)Nc1ccc(C(N)=O)cc1. The van der Waals surface area contributed by atoms with E-state index < -0.39 is 5.91 Å². The van der Waals surface area contributed by atoms with E-state index in [0.717, 1.165) is 17.1 Å². The molecule has 9 heteroatoms. The predicted octanol–water partition coefficient (Wildman–Crippen LogP) is 2.89. The van der Waals surface area contributed by atoms with Crippen LogP contribution in [0.15, 0.2) is 66.3 Å². The fourth-order valence-corrected chi connectivity index (χ4v) is 3.61. The highest BCUT2D eigenvalue weighted by Gasteiger charge is 2.14. The average Bonchev–Trinajstić information content (AvgIpc) is 3.14. The minimum absolute atomic E-state index is 0.162. The largest absolute Gasteiger partial charge is 0.497 e. The average molecular weight is 438 g/mol. The number of amides is 2. The van der Waals surface area contributed by atoms with Crippen LogP contribution in [0, 0.1) is 0 Å². The van der Waals surface area contributed by atoms with Crippen molar-refractivity contribution < 1.29 is 14.3 Å². The number of benzene rings is 2. The maximum atomic E-state index is 12.3. The van der Waals surface area contributed by atoms with Crippen molar-refractivity contribution in [1.29, 1.82) is 0 Å². The Kier molecular flexibility index (Phi) is 7.45. The molecule has 31 heavy (non-hydrogen) atoms. The van der Waals surface area contributed by atoms with E-state index >= 15 is 0 Å². The van der Waals surface area contributed by atoms with Gasteiger partial charge in [-0.1, -0.05) is 30.0 Å². The first-order chi connectivity index (χ1) is 15.0. The van der Waals surface area contributed by atoms with Gasteiger partial charge < -0.3 is 20.4 Å². The Hall–Kier alpha value is -3.59. The van der Waals surface area contributed by atoms with Crippen LogP contribution in [0.5, 0.6) is 5.75 Å². The number of nitrogens with one attached hydrogen (secondary N) is 1. The molecule has 2 amide bonds. The number of carbonyl (C=O) groups excluding carboxylic acids is 2. The van der Waals surface area contributed by atoms with Gasteiger partial charge in [-0.15, -0.1) is 16.8 Å². The third-order valence-corrected chi connectivity index (χ3v) is 5.38. The minimum Gasteiger partial charge on any atom is -0.497 e. The third kappa shape index (κ3) is 5.95. The number of nitrogens with two attached hydrogens (primary N) is 1. The molecule has 2 aromatic carbocycles.